The zero-order valence-corrected chi connectivity index (χ0v) is 14.7. The molecule has 2 aliphatic heterocycles. The van der Waals surface area contributed by atoms with Gasteiger partial charge in [0, 0.05) is 4.91 Å². The largest absolute Gasteiger partial charge is 0.394 e. The van der Waals surface area contributed by atoms with E-state index in [-0.39, 0.29) is 12.4 Å². The van der Waals surface area contributed by atoms with Crippen LogP contribution in [0.15, 0.2) is 5.11 Å². The molecule has 0 aromatic heterocycles. The molecule has 14 nitrogen and oxygen atoms in total. The van der Waals surface area contributed by atoms with Crippen molar-refractivity contribution in [3.05, 3.63) is 10.4 Å². The summed E-state index contributed by atoms with van der Waals surface area (Å²) in [7, 11) is 0. The molecule has 0 bridgehead atoms. The van der Waals surface area contributed by atoms with Crippen LogP contribution < -0.4 is 5.73 Å². The van der Waals surface area contributed by atoms with E-state index in [0.717, 1.165) is 0 Å². The molecular weight excluding hydrogens is 396 g/mol. The van der Waals surface area contributed by atoms with Gasteiger partial charge in [-0.1, -0.05) is 5.11 Å². The predicted octanol–water partition coefficient (Wildman–Crippen LogP) is -4.74. The number of nitrogens with zero attached hydrogens (tertiary/aromatic N) is 3. The minimum absolute atomic E-state index is 0. The summed E-state index contributed by atoms with van der Waals surface area (Å²) in [6.07, 6.45) is -10.3. The lowest BCUT2D eigenvalue weighted by atomic mass is 9.98. The maximum atomic E-state index is 9.37. The molecule has 2 fully saturated rings. The second-order valence-electron chi connectivity index (χ2n) is 5.73. The second kappa shape index (κ2) is 11.9. The molecule has 160 valence electrons. The van der Waals surface area contributed by atoms with Crippen molar-refractivity contribution in [3.8, 4) is 0 Å². The lowest BCUT2D eigenvalue weighted by molar-refractivity contribution is -0.248. The molecule has 2 rings (SSSR count). The Morgan fingerprint density at radius 1 is 0.815 bits per heavy atom. The summed E-state index contributed by atoms with van der Waals surface area (Å²) in [5, 5.41) is 75.8. The molecule has 2 saturated heterocycles. The predicted molar refractivity (Wildman–Crippen MR) is 88.1 cm³/mol. The Kier molecular flexibility index (Phi) is 11.5. The number of azide groups is 1. The Labute approximate surface area is 159 Å². The van der Waals surface area contributed by atoms with Gasteiger partial charge in [0.1, 0.15) is 36.6 Å². The van der Waals surface area contributed by atoms with Crippen LogP contribution in [0.1, 0.15) is 0 Å². The minimum Gasteiger partial charge on any atom is -0.394 e. The topological polar surface area (TPSA) is 255 Å². The number of hydrogen-bond acceptors (Lipinski definition) is 12. The van der Waals surface area contributed by atoms with Crippen molar-refractivity contribution in [1.29, 1.82) is 0 Å². The molecule has 15 heteroatoms. The molecule has 27 heavy (non-hydrogen) atoms. The molecule has 0 aliphatic carbocycles. The molecule has 10 atom stereocenters. The van der Waals surface area contributed by atoms with Gasteiger partial charge in [-0.15, -0.1) is 12.4 Å². The number of ether oxygens (including phenoxy) is 2. The second-order valence-corrected chi connectivity index (χ2v) is 5.73. The summed E-state index contributed by atoms with van der Waals surface area (Å²) in [5.74, 6) is 0. The highest BCUT2D eigenvalue weighted by Crippen LogP contribution is 2.22. The van der Waals surface area contributed by atoms with E-state index >= 15 is 0 Å². The van der Waals surface area contributed by atoms with E-state index in [1.807, 2.05) is 0 Å². The molecule has 2 aliphatic rings. The van der Waals surface area contributed by atoms with Crippen LogP contribution in [0.3, 0.4) is 0 Å². The van der Waals surface area contributed by atoms with E-state index in [2.05, 4.69) is 10.0 Å². The van der Waals surface area contributed by atoms with Crippen molar-refractivity contribution in [2.75, 3.05) is 13.2 Å². The fourth-order valence-electron chi connectivity index (χ4n) is 2.38. The first-order valence-corrected chi connectivity index (χ1v) is 7.60. The van der Waals surface area contributed by atoms with Crippen LogP contribution in [0.5, 0.6) is 0 Å². The van der Waals surface area contributed by atoms with Crippen molar-refractivity contribution in [3.63, 3.8) is 0 Å². The van der Waals surface area contributed by atoms with Gasteiger partial charge in [-0.25, -0.2) is 0 Å². The fourth-order valence-corrected chi connectivity index (χ4v) is 2.38. The fraction of sp³-hybridized carbons (Fsp3) is 1.00. The third-order valence-corrected chi connectivity index (χ3v) is 4.00. The summed E-state index contributed by atoms with van der Waals surface area (Å²) < 4.78 is 9.41. The monoisotopic (exact) mass is 420 g/mol. The maximum Gasteiger partial charge on any atom is 0.173 e. The molecule has 0 aromatic rings. The van der Waals surface area contributed by atoms with Crippen molar-refractivity contribution >= 4 is 12.4 Å². The highest BCUT2D eigenvalue weighted by Gasteiger charge is 2.43. The van der Waals surface area contributed by atoms with E-state index in [4.69, 9.17) is 36.1 Å². The molecular formula is C12H25ClN4O10. The van der Waals surface area contributed by atoms with E-state index < -0.39 is 74.5 Å². The van der Waals surface area contributed by atoms with Gasteiger partial charge < -0.3 is 56.1 Å². The number of rotatable bonds is 3. The van der Waals surface area contributed by atoms with Crippen molar-refractivity contribution in [2.24, 2.45) is 10.8 Å². The highest BCUT2D eigenvalue weighted by atomic mass is 35.5. The highest BCUT2D eigenvalue weighted by molar-refractivity contribution is 5.85. The van der Waals surface area contributed by atoms with E-state index in [1.165, 1.54) is 0 Å². The average molecular weight is 421 g/mol. The number of halogens is 1. The summed E-state index contributed by atoms with van der Waals surface area (Å²) in [6, 6.07) is -2.31. The van der Waals surface area contributed by atoms with Crippen molar-refractivity contribution < 1.29 is 50.3 Å². The molecule has 6 unspecified atom stereocenters. The van der Waals surface area contributed by atoms with Gasteiger partial charge in [0.25, 0.3) is 0 Å². The first-order valence-electron chi connectivity index (χ1n) is 7.60. The Morgan fingerprint density at radius 3 is 1.70 bits per heavy atom. The zero-order chi connectivity index (χ0) is 20.0. The Morgan fingerprint density at radius 2 is 1.26 bits per heavy atom. The van der Waals surface area contributed by atoms with Crippen LogP contribution in [0.2, 0.25) is 0 Å². The van der Waals surface area contributed by atoms with Gasteiger partial charge in [0.15, 0.2) is 12.6 Å². The van der Waals surface area contributed by atoms with E-state index in [1.54, 1.807) is 0 Å². The number of aliphatic hydroxyl groups is 8. The first-order chi connectivity index (χ1) is 12.2. The van der Waals surface area contributed by atoms with E-state index in [0.29, 0.717) is 0 Å². The van der Waals surface area contributed by atoms with Crippen LogP contribution in [0.4, 0.5) is 0 Å². The standard InChI is InChI=1S/C6H11N3O5.C6H13NO5.ClH/c7-9-8-3-5(12)4(11)2(1-10)14-6(3)13;7-3-5(10)4(9)2(1-8)12-6(3)11;/h2-6,10-13H,1H2;2-6,8-11H,1,7H2;1H/t2*2?,3?,4-,5-,6?;/m11./s1. The molecule has 10 N–H and O–H groups in total. The smallest absolute Gasteiger partial charge is 0.173 e. The van der Waals surface area contributed by atoms with Crippen LogP contribution in [0.25, 0.3) is 10.4 Å². The SMILES string of the molecule is Cl.NC1C(O)OC(CO)[C@@H](O)[C@@H]1O.[N-]=[N+]=NC1C(O)OC(CO)[C@@H](O)[C@@H]1O. The lowest BCUT2D eigenvalue weighted by Crippen LogP contribution is -2.61. The van der Waals surface area contributed by atoms with Crippen molar-refractivity contribution in [2.45, 2.75) is 61.3 Å². The van der Waals surface area contributed by atoms with E-state index in [9.17, 15) is 25.5 Å². The Balaban J connectivity index is 0.000000488. The van der Waals surface area contributed by atoms with Gasteiger partial charge in [-0.05, 0) is 5.53 Å². The van der Waals surface area contributed by atoms with Crippen molar-refractivity contribution in [1.82, 2.24) is 0 Å². The van der Waals surface area contributed by atoms with Gasteiger partial charge in [-0.3, -0.25) is 0 Å². The number of nitrogens with two attached hydrogens (primary N) is 1. The summed E-state index contributed by atoms with van der Waals surface area (Å²) >= 11 is 0. The third kappa shape index (κ3) is 6.33. The minimum atomic E-state index is -1.53. The van der Waals surface area contributed by atoms with Crippen LogP contribution >= 0.6 is 12.4 Å². The Bertz CT molecular complexity index is 482. The maximum absolute atomic E-state index is 9.37. The Hall–Kier alpha value is -0.840. The zero-order valence-electron chi connectivity index (χ0n) is 13.9. The molecule has 0 spiro atoms. The lowest BCUT2D eigenvalue weighted by Gasteiger charge is -2.38. The third-order valence-electron chi connectivity index (χ3n) is 4.00. The summed E-state index contributed by atoms with van der Waals surface area (Å²) in [6.45, 7) is -1.01. The van der Waals surface area contributed by atoms with Crippen LogP contribution in [-0.2, 0) is 9.47 Å². The van der Waals surface area contributed by atoms with Gasteiger partial charge in [-0.2, -0.15) is 0 Å². The number of aliphatic hydroxyl groups excluding tert-OH is 8. The van der Waals surface area contributed by atoms with Crippen LogP contribution in [-0.4, -0.2) is 115 Å². The van der Waals surface area contributed by atoms with Gasteiger partial charge in [0.05, 0.1) is 25.4 Å². The molecule has 0 saturated carbocycles. The average Bonchev–Trinajstić information content (AvgIpc) is 2.63. The first kappa shape index (κ1) is 26.2. The van der Waals surface area contributed by atoms with Gasteiger partial charge >= 0.3 is 0 Å². The molecule has 2 heterocycles. The summed E-state index contributed by atoms with van der Waals surface area (Å²) in [5.41, 5.74) is 13.4. The quantitative estimate of drug-likeness (QED) is 0.119. The molecule has 0 aromatic carbocycles. The van der Waals surface area contributed by atoms with Gasteiger partial charge in [0.2, 0.25) is 0 Å². The molecule has 0 radical (unpaired) electrons. The normalized spacial score (nSPS) is 44.2. The molecule has 0 amide bonds. The number of hydrogen-bond donors (Lipinski definition) is 9. The van der Waals surface area contributed by atoms with Crippen LogP contribution in [0, 0.1) is 0 Å². The summed E-state index contributed by atoms with van der Waals surface area (Å²) in [4.78, 5) is 2.40.